The fourth-order valence-corrected chi connectivity index (χ4v) is 2.97. The number of hydrogen-bond acceptors (Lipinski definition) is 6. The summed E-state index contributed by atoms with van der Waals surface area (Å²) in [5.74, 6) is -1.00. The van der Waals surface area contributed by atoms with Crippen LogP contribution < -0.4 is 0 Å². The Morgan fingerprint density at radius 3 is 2.70 bits per heavy atom. The highest BCUT2D eigenvalue weighted by atomic mass is 16.6. The van der Waals surface area contributed by atoms with Gasteiger partial charge in [0.25, 0.3) is 0 Å². The number of rotatable bonds is 6. The van der Waals surface area contributed by atoms with Crippen LogP contribution in [0.1, 0.15) is 59.8 Å². The zero-order valence-electron chi connectivity index (χ0n) is 14.3. The topological polar surface area (TPSA) is 78.9 Å². The maximum absolute atomic E-state index is 12.0. The zero-order chi connectivity index (χ0) is 17.3. The molecule has 3 unspecified atom stereocenters. The summed E-state index contributed by atoms with van der Waals surface area (Å²) >= 11 is 0. The van der Waals surface area contributed by atoms with E-state index >= 15 is 0 Å². The van der Waals surface area contributed by atoms with Crippen LogP contribution in [0.4, 0.5) is 0 Å². The monoisotopic (exact) mass is 326 g/mol. The zero-order valence-corrected chi connectivity index (χ0v) is 14.3. The summed E-state index contributed by atoms with van der Waals surface area (Å²) in [6.45, 7) is 7.34. The molecule has 6 nitrogen and oxygen atoms in total. The van der Waals surface area contributed by atoms with E-state index in [1.807, 2.05) is 13.8 Å². The molecule has 2 bridgehead atoms. The molecule has 0 aromatic heterocycles. The molecule has 23 heavy (non-hydrogen) atoms. The fraction of sp³-hybridized carbons (Fsp3) is 0.824. The van der Waals surface area contributed by atoms with Gasteiger partial charge in [-0.1, -0.05) is 6.92 Å². The molecule has 1 saturated heterocycles. The Balaban J connectivity index is 1.77. The van der Waals surface area contributed by atoms with Gasteiger partial charge in [0.15, 0.2) is 0 Å². The summed E-state index contributed by atoms with van der Waals surface area (Å²) < 4.78 is 16.0. The van der Waals surface area contributed by atoms with Crippen LogP contribution in [0.15, 0.2) is 0 Å². The van der Waals surface area contributed by atoms with Gasteiger partial charge in [0, 0.05) is 6.42 Å². The molecule has 0 amide bonds. The lowest BCUT2D eigenvalue weighted by Gasteiger charge is -2.34. The molecule has 130 valence electrons. The van der Waals surface area contributed by atoms with E-state index in [9.17, 15) is 14.4 Å². The molecule has 2 rings (SSSR count). The molecule has 3 atom stereocenters. The van der Waals surface area contributed by atoms with E-state index in [2.05, 4.69) is 0 Å². The van der Waals surface area contributed by atoms with E-state index in [4.69, 9.17) is 14.2 Å². The maximum Gasteiger partial charge on any atom is 0.311 e. The molecule has 2 aliphatic rings. The summed E-state index contributed by atoms with van der Waals surface area (Å²) in [6.07, 6.45) is 2.18. The van der Waals surface area contributed by atoms with Gasteiger partial charge in [-0.25, -0.2) is 0 Å². The molecular weight excluding hydrogens is 300 g/mol. The van der Waals surface area contributed by atoms with E-state index in [0.29, 0.717) is 25.7 Å². The van der Waals surface area contributed by atoms with Crippen molar-refractivity contribution in [2.24, 2.45) is 11.3 Å². The third kappa shape index (κ3) is 3.85. The smallest absolute Gasteiger partial charge is 0.311 e. The van der Waals surface area contributed by atoms with Gasteiger partial charge in [0.1, 0.15) is 18.3 Å². The summed E-state index contributed by atoms with van der Waals surface area (Å²) in [6, 6.07) is 0. The van der Waals surface area contributed by atoms with Crippen molar-refractivity contribution in [3.63, 3.8) is 0 Å². The quantitative estimate of drug-likeness (QED) is 0.551. The first-order valence-electron chi connectivity index (χ1n) is 8.27. The van der Waals surface area contributed by atoms with Gasteiger partial charge in [-0.2, -0.15) is 0 Å². The summed E-state index contributed by atoms with van der Waals surface area (Å²) in [7, 11) is 0. The van der Waals surface area contributed by atoms with Gasteiger partial charge in [-0.15, -0.1) is 0 Å². The average molecular weight is 326 g/mol. The SMILES string of the molecule is CCC(C)(C)C(=O)OCCC(=O)OC1CCC2CC1(C)OC2=O. The van der Waals surface area contributed by atoms with Gasteiger partial charge in [0.05, 0.1) is 17.8 Å². The predicted molar refractivity (Wildman–Crippen MR) is 81.4 cm³/mol. The summed E-state index contributed by atoms with van der Waals surface area (Å²) in [5.41, 5.74) is -1.26. The largest absolute Gasteiger partial charge is 0.465 e. The third-order valence-electron chi connectivity index (χ3n) is 5.03. The van der Waals surface area contributed by atoms with Crippen LogP contribution in [-0.4, -0.2) is 36.2 Å². The number of carbonyl (C=O) groups is 3. The summed E-state index contributed by atoms with van der Waals surface area (Å²) in [5, 5.41) is 0. The van der Waals surface area contributed by atoms with Crippen molar-refractivity contribution in [2.45, 2.75) is 71.5 Å². The lowest BCUT2D eigenvalue weighted by atomic mass is 9.80. The standard InChI is InChI=1S/C17H26O6/c1-5-16(2,3)15(20)21-9-8-13(18)22-12-7-6-11-10-17(12,4)23-14(11)19/h11-12H,5-10H2,1-4H3. The molecule has 1 heterocycles. The van der Waals surface area contributed by atoms with Crippen molar-refractivity contribution in [1.29, 1.82) is 0 Å². The lowest BCUT2D eigenvalue weighted by molar-refractivity contribution is -0.174. The molecule has 0 radical (unpaired) electrons. The predicted octanol–water partition coefficient (Wildman–Crippen LogP) is 2.38. The Kier molecular flexibility index (Phi) is 5.01. The fourth-order valence-electron chi connectivity index (χ4n) is 2.97. The second kappa shape index (κ2) is 6.49. The number of hydrogen-bond donors (Lipinski definition) is 0. The molecule has 0 spiro atoms. The Bertz CT molecular complexity index is 497. The lowest BCUT2D eigenvalue weighted by Crippen LogP contribution is -2.44. The van der Waals surface area contributed by atoms with Crippen LogP contribution in [0, 0.1) is 11.3 Å². The van der Waals surface area contributed by atoms with Crippen LogP contribution >= 0.6 is 0 Å². The van der Waals surface area contributed by atoms with E-state index in [0.717, 1.165) is 0 Å². The molecule has 1 aliphatic heterocycles. The number of fused-ring (bicyclic) bond motifs is 2. The van der Waals surface area contributed by atoms with Crippen molar-refractivity contribution >= 4 is 17.9 Å². The molecule has 1 saturated carbocycles. The van der Waals surface area contributed by atoms with Crippen molar-refractivity contribution in [3.8, 4) is 0 Å². The van der Waals surface area contributed by atoms with Gasteiger partial charge in [-0.3, -0.25) is 14.4 Å². The second-order valence-corrected chi connectivity index (χ2v) is 7.31. The molecule has 2 fully saturated rings. The van der Waals surface area contributed by atoms with Crippen LogP contribution in [0.2, 0.25) is 0 Å². The van der Waals surface area contributed by atoms with Crippen molar-refractivity contribution < 1.29 is 28.6 Å². The normalized spacial score (nSPS) is 29.8. The molecule has 0 aromatic carbocycles. The van der Waals surface area contributed by atoms with E-state index in [1.54, 1.807) is 13.8 Å². The molecule has 0 N–H and O–H groups in total. The Morgan fingerprint density at radius 2 is 2.04 bits per heavy atom. The van der Waals surface area contributed by atoms with E-state index in [-0.39, 0.29) is 30.9 Å². The van der Waals surface area contributed by atoms with Gasteiger partial charge >= 0.3 is 17.9 Å². The number of ether oxygens (including phenoxy) is 3. The van der Waals surface area contributed by atoms with Crippen LogP contribution in [0.3, 0.4) is 0 Å². The maximum atomic E-state index is 12.0. The first kappa shape index (κ1) is 17.8. The van der Waals surface area contributed by atoms with Gasteiger partial charge < -0.3 is 14.2 Å². The molecule has 0 aromatic rings. The van der Waals surface area contributed by atoms with E-state index < -0.39 is 23.1 Å². The molecule has 6 heteroatoms. The number of carbonyl (C=O) groups excluding carboxylic acids is 3. The molecular formula is C17H26O6. The second-order valence-electron chi connectivity index (χ2n) is 7.31. The van der Waals surface area contributed by atoms with Crippen LogP contribution in [0.25, 0.3) is 0 Å². The highest BCUT2D eigenvalue weighted by molar-refractivity contribution is 5.77. The van der Waals surface area contributed by atoms with Crippen LogP contribution in [0.5, 0.6) is 0 Å². The Hall–Kier alpha value is -1.59. The average Bonchev–Trinajstić information content (AvgIpc) is 2.72. The van der Waals surface area contributed by atoms with Gasteiger partial charge in [-0.05, 0) is 40.0 Å². The highest BCUT2D eigenvalue weighted by Crippen LogP contribution is 2.43. The van der Waals surface area contributed by atoms with Crippen molar-refractivity contribution in [2.75, 3.05) is 6.61 Å². The number of esters is 3. The Labute approximate surface area is 136 Å². The first-order valence-corrected chi connectivity index (χ1v) is 8.27. The summed E-state index contributed by atoms with van der Waals surface area (Å²) in [4.78, 5) is 35.4. The molecule has 1 aliphatic carbocycles. The highest BCUT2D eigenvalue weighted by Gasteiger charge is 2.53. The Morgan fingerprint density at radius 1 is 1.35 bits per heavy atom. The van der Waals surface area contributed by atoms with Crippen molar-refractivity contribution in [3.05, 3.63) is 0 Å². The van der Waals surface area contributed by atoms with Gasteiger partial charge in [0.2, 0.25) is 0 Å². The minimum atomic E-state index is -0.712. The minimum Gasteiger partial charge on any atom is -0.465 e. The minimum absolute atomic E-state index is 0.00689. The van der Waals surface area contributed by atoms with Crippen LogP contribution in [-0.2, 0) is 28.6 Å². The first-order chi connectivity index (χ1) is 10.7. The van der Waals surface area contributed by atoms with E-state index in [1.165, 1.54) is 0 Å². The van der Waals surface area contributed by atoms with Crippen molar-refractivity contribution in [1.82, 2.24) is 0 Å². The third-order valence-corrected chi connectivity index (χ3v) is 5.03.